The fraction of sp³-hybridized carbons (Fsp3) is 0.111. The maximum absolute atomic E-state index is 6.21. The first-order chi connectivity index (χ1) is 12.6. The molecule has 26 heavy (non-hydrogen) atoms. The zero-order valence-corrected chi connectivity index (χ0v) is 16.2. The number of aromatic nitrogens is 2. The van der Waals surface area contributed by atoms with E-state index in [1.807, 2.05) is 42.6 Å². The molecule has 0 radical (unpaired) electrons. The fourth-order valence-corrected chi connectivity index (χ4v) is 3.11. The van der Waals surface area contributed by atoms with E-state index in [9.17, 15) is 0 Å². The number of nitrogens with zero attached hydrogens (tertiary/aromatic N) is 2. The van der Waals surface area contributed by atoms with Gasteiger partial charge in [-0.15, -0.1) is 0 Å². The minimum Gasteiger partial charge on any atom is -0.495 e. The molecule has 0 aliphatic carbocycles. The number of benzene rings is 2. The predicted molar refractivity (Wildman–Crippen MR) is 111 cm³/mol. The van der Waals surface area contributed by atoms with Crippen molar-refractivity contribution in [3.63, 3.8) is 0 Å². The van der Waals surface area contributed by atoms with Crippen LogP contribution in [0.5, 0.6) is 5.75 Å². The molecular formula is C18H16Cl2N4OS. The molecule has 0 spiro atoms. The van der Waals surface area contributed by atoms with Gasteiger partial charge in [0.15, 0.2) is 10.9 Å². The van der Waals surface area contributed by atoms with Gasteiger partial charge in [-0.05, 0) is 36.5 Å². The second-order valence-corrected chi connectivity index (χ2v) is 6.60. The van der Waals surface area contributed by atoms with E-state index < -0.39 is 0 Å². The van der Waals surface area contributed by atoms with E-state index in [1.54, 1.807) is 23.9 Å². The minimum atomic E-state index is 0.413. The Kier molecular flexibility index (Phi) is 5.98. The van der Waals surface area contributed by atoms with Gasteiger partial charge in [0.25, 0.3) is 0 Å². The van der Waals surface area contributed by atoms with Crippen molar-refractivity contribution >= 4 is 52.0 Å². The summed E-state index contributed by atoms with van der Waals surface area (Å²) in [5, 5.41) is 12.2. The third kappa shape index (κ3) is 4.46. The maximum atomic E-state index is 6.21. The number of hydrogen-bond acceptors (Lipinski definition) is 3. The molecule has 2 aromatic carbocycles. The molecule has 0 amide bonds. The zero-order valence-electron chi connectivity index (χ0n) is 13.9. The molecule has 1 aromatic heterocycles. The van der Waals surface area contributed by atoms with Crippen LogP contribution >= 0.6 is 35.4 Å². The summed E-state index contributed by atoms with van der Waals surface area (Å²) in [6.07, 6.45) is 1.83. The molecule has 0 unspecified atom stereocenters. The summed E-state index contributed by atoms with van der Waals surface area (Å²) in [5.74, 6) is 1.32. The number of nitrogens with one attached hydrogen (secondary N) is 2. The quantitative estimate of drug-likeness (QED) is 0.580. The molecule has 0 bridgehead atoms. The molecule has 5 nitrogen and oxygen atoms in total. The van der Waals surface area contributed by atoms with E-state index in [1.165, 1.54) is 0 Å². The number of halogens is 2. The highest BCUT2D eigenvalue weighted by atomic mass is 35.5. The number of ether oxygens (including phenoxy) is 1. The van der Waals surface area contributed by atoms with E-state index >= 15 is 0 Å². The number of para-hydroxylation sites is 2. The molecule has 3 rings (SSSR count). The van der Waals surface area contributed by atoms with Crippen LogP contribution in [0, 0.1) is 0 Å². The highest BCUT2D eigenvalue weighted by Gasteiger charge is 2.09. The summed E-state index contributed by atoms with van der Waals surface area (Å²) in [6.45, 7) is 0.465. The Morgan fingerprint density at radius 3 is 2.54 bits per heavy atom. The van der Waals surface area contributed by atoms with Crippen LogP contribution in [0.3, 0.4) is 0 Å². The average molecular weight is 407 g/mol. The van der Waals surface area contributed by atoms with Gasteiger partial charge >= 0.3 is 0 Å². The van der Waals surface area contributed by atoms with Gasteiger partial charge in [-0.1, -0.05) is 41.4 Å². The minimum absolute atomic E-state index is 0.413. The van der Waals surface area contributed by atoms with Crippen molar-refractivity contribution in [2.75, 3.05) is 17.7 Å². The van der Waals surface area contributed by atoms with Crippen molar-refractivity contribution in [2.45, 2.75) is 6.54 Å². The molecule has 0 saturated heterocycles. The van der Waals surface area contributed by atoms with Crippen molar-refractivity contribution in [3.8, 4) is 5.75 Å². The van der Waals surface area contributed by atoms with E-state index in [-0.39, 0.29) is 0 Å². The summed E-state index contributed by atoms with van der Waals surface area (Å²) >= 11 is 17.7. The maximum Gasteiger partial charge on any atom is 0.176 e. The molecule has 0 saturated carbocycles. The van der Waals surface area contributed by atoms with Crippen molar-refractivity contribution < 1.29 is 4.74 Å². The lowest BCUT2D eigenvalue weighted by Gasteiger charge is -2.12. The third-order valence-electron chi connectivity index (χ3n) is 3.62. The standard InChI is InChI=1S/C18H16Cl2N4OS/c1-25-16-8-3-2-7-15(16)21-18(26)22-17-9-10-24(23-17)11-12-13(19)5-4-6-14(12)20/h2-10H,11H2,1H3,(H2,21,22,23,26). The fourth-order valence-electron chi connectivity index (χ4n) is 2.38. The number of anilines is 2. The SMILES string of the molecule is COc1ccccc1NC(=S)Nc1ccn(Cc2c(Cl)cccc2Cl)n1. The van der Waals surface area contributed by atoms with Gasteiger partial charge in [0.05, 0.1) is 19.3 Å². The number of hydrogen-bond donors (Lipinski definition) is 2. The molecule has 0 atom stereocenters. The van der Waals surface area contributed by atoms with Gasteiger partial charge in [0, 0.05) is 27.9 Å². The van der Waals surface area contributed by atoms with Crippen LogP contribution in [-0.2, 0) is 6.54 Å². The largest absolute Gasteiger partial charge is 0.495 e. The van der Waals surface area contributed by atoms with Crippen LogP contribution in [0.2, 0.25) is 10.0 Å². The Balaban J connectivity index is 1.66. The molecule has 1 heterocycles. The monoisotopic (exact) mass is 406 g/mol. The lowest BCUT2D eigenvalue weighted by Crippen LogP contribution is -2.20. The first-order valence-corrected chi connectivity index (χ1v) is 8.90. The molecule has 0 aliphatic heterocycles. The molecule has 0 fully saturated rings. The Bertz CT molecular complexity index is 909. The Labute approximate surface area is 166 Å². The topological polar surface area (TPSA) is 51.1 Å². The van der Waals surface area contributed by atoms with Gasteiger partial charge in [-0.3, -0.25) is 4.68 Å². The number of thiocarbonyl (C=S) groups is 1. The van der Waals surface area contributed by atoms with Gasteiger partial charge in [0.1, 0.15) is 5.75 Å². The van der Waals surface area contributed by atoms with Gasteiger partial charge in [0.2, 0.25) is 0 Å². The Morgan fingerprint density at radius 2 is 1.81 bits per heavy atom. The van der Waals surface area contributed by atoms with E-state index in [4.69, 9.17) is 40.2 Å². The first-order valence-electron chi connectivity index (χ1n) is 7.74. The van der Waals surface area contributed by atoms with E-state index in [2.05, 4.69) is 15.7 Å². The van der Waals surface area contributed by atoms with Crippen LogP contribution in [0.15, 0.2) is 54.7 Å². The van der Waals surface area contributed by atoms with Crippen molar-refractivity contribution in [1.29, 1.82) is 0 Å². The van der Waals surface area contributed by atoms with Crippen LogP contribution in [-0.4, -0.2) is 22.0 Å². The Morgan fingerprint density at radius 1 is 1.08 bits per heavy atom. The summed E-state index contributed by atoms with van der Waals surface area (Å²) in [6, 6.07) is 14.8. The van der Waals surface area contributed by atoms with Gasteiger partial charge in [-0.25, -0.2) is 0 Å². The van der Waals surface area contributed by atoms with Crippen molar-refractivity contribution in [2.24, 2.45) is 0 Å². The summed E-state index contributed by atoms with van der Waals surface area (Å²) < 4.78 is 7.03. The van der Waals surface area contributed by atoms with Gasteiger partial charge in [-0.2, -0.15) is 5.10 Å². The molecule has 3 aromatic rings. The zero-order chi connectivity index (χ0) is 18.5. The van der Waals surface area contributed by atoms with Crippen LogP contribution < -0.4 is 15.4 Å². The van der Waals surface area contributed by atoms with Crippen LogP contribution in [0.1, 0.15) is 5.56 Å². The molecule has 0 aliphatic rings. The summed E-state index contributed by atoms with van der Waals surface area (Å²) in [7, 11) is 1.61. The summed E-state index contributed by atoms with van der Waals surface area (Å²) in [4.78, 5) is 0. The highest BCUT2D eigenvalue weighted by Crippen LogP contribution is 2.25. The summed E-state index contributed by atoms with van der Waals surface area (Å²) in [5.41, 5.74) is 1.59. The highest BCUT2D eigenvalue weighted by molar-refractivity contribution is 7.80. The second-order valence-electron chi connectivity index (χ2n) is 5.38. The van der Waals surface area contributed by atoms with Crippen molar-refractivity contribution in [1.82, 2.24) is 9.78 Å². The van der Waals surface area contributed by atoms with Gasteiger partial charge < -0.3 is 15.4 Å². The number of rotatable bonds is 5. The predicted octanol–water partition coefficient (Wildman–Crippen LogP) is 5.06. The number of methoxy groups -OCH3 is 1. The molecule has 134 valence electrons. The Hall–Kier alpha value is -2.28. The van der Waals surface area contributed by atoms with Crippen molar-refractivity contribution in [3.05, 3.63) is 70.3 Å². The second kappa shape index (κ2) is 8.40. The lowest BCUT2D eigenvalue weighted by molar-refractivity contribution is 0.417. The van der Waals surface area contributed by atoms with Crippen LogP contribution in [0.25, 0.3) is 0 Å². The first kappa shape index (κ1) is 18.5. The average Bonchev–Trinajstić information content (AvgIpc) is 3.05. The normalized spacial score (nSPS) is 10.4. The van der Waals surface area contributed by atoms with Crippen LogP contribution in [0.4, 0.5) is 11.5 Å². The molecule has 2 N–H and O–H groups in total. The lowest BCUT2D eigenvalue weighted by atomic mass is 10.2. The molecule has 8 heteroatoms. The smallest absolute Gasteiger partial charge is 0.176 e. The molecular weight excluding hydrogens is 391 g/mol. The van der Waals surface area contributed by atoms with E-state index in [0.29, 0.717) is 33.3 Å². The van der Waals surface area contributed by atoms with E-state index in [0.717, 1.165) is 11.3 Å². The third-order valence-corrected chi connectivity index (χ3v) is 4.53.